The molecule has 110 valence electrons. The summed E-state index contributed by atoms with van der Waals surface area (Å²) in [6.45, 7) is 1.50. The molecule has 0 aliphatic carbocycles. The number of halogens is 5. The Balaban J connectivity index is 3.59. The number of unbranched alkanes of at least 4 members (excludes halogenated alkanes) is 5. The molecule has 0 spiro atoms. The topological polar surface area (TPSA) is 17.1 Å². The molecule has 0 heterocycles. The smallest absolute Gasteiger partial charge is 0.300 e. The van der Waals surface area contributed by atoms with Crippen LogP contribution in [0.5, 0.6) is 0 Å². The molecule has 0 saturated heterocycles. The van der Waals surface area contributed by atoms with Crippen LogP contribution in [-0.4, -0.2) is 5.78 Å². The first-order chi connectivity index (χ1) is 7.89. The van der Waals surface area contributed by atoms with Crippen LogP contribution in [0.1, 0.15) is 51.9 Å². The molecule has 0 saturated carbocycles. The zero-order valence-corrected chi connectivity index (χ0v) is 11.1. The van der Waals surface area contributed by atoms with Gasteiger partial charge < -0.3 is 4.79 Å². The van der Waals surface area contributed by atoms with Crippen molar-refractivity contribution < 1.29 is 24.2 Å². The highest BCUT2D eigenvalue weighted by atomic mass is 32.5. The van der Waals surface area contributed by atoms with Crippen molar-refractivity contribution in [2.75, 3.05) is 0 Å². The first-order valence-corrected chi connectivity index (χ1v) is 7.82. The fourth-order valence-corrected chi connectivity index (χ4v) is 1.92. The molecule has 0 rings (SSSR count). The Bertz CT molecular complexity index is 305. The molecule has 0 fully saturated rings. The number of carbonyl (C=O) groups excluding carboxylic acids is 1. The summed E-state index contributed by atoms with van der Waals surface area (Å²) in [5, 5.41) is -0.879. The normalized spacial score (nSPS) is 16.6. The molecule has 7 heteroatoms. The molecule has 0 atom stereocenters. The van der Waals surface area contributed by atoms with E-state index >= 15 is 0 Å². The first-order valence-electron chi connectivity index (χ1n) is 5.81. The van der Waals surface area contributed by atoms with Crippen LogP contribution in [0.2, 0.25) is 0 Å². The van der Waals surface area contributed by atoms with Crippen molar-refractivity contribution in [2.45, 2.75) is 51.9 Å². The summed E-state index contributed by atoms with van der Waals surface area (Å²) in [6.07, 6.45) is 4.56. The molecule has 0 unspecified atom stereocenters. The highest BCUT2D eigenvalue weighted by molar-refractivity contribution is 8.48. The van der Waals surface area contributed by atoms with E-state index in [0.29, 0.717) is 25.3 Å². The number of hydrogen-bond donors (Lipinski definition) is 0. The van der Waals surface area contributed by atoms with E-state index in [1.54, 1.807) is 0 Å². The molecule has 0 radical (unpaired) electrons. The van der Waals surface area contributed by atoms with Crippen LogP contribution in [0.3, 0.4) is 0 Å². The summed E-state index contributed by atoms with van der Waals surface area (Å²) >= 11 is 0. The minimum Gasteiger partial charge on any atom is -0.300 e. The minimum absolute atomic E-state index is 0.00168. The summed E-state index contributed by atoms with van der Waals surface area (Å²) in [5.74, 6) is 0.119. The molecule has 1 nitrogen and oxygen atoms in total. The van der Waals surface area contributed by atoms with Gasteiger partial charge in [-0.1, -0.05) is 44.8 Å². The summed E-state index contributed by atoms with van der Waals surface area (Å²) < 4.78 is 59.2. The average Bonchev–Trinajstić information content (AvgIpc) is 2.11. The van der Waals surface area contributed by atoms with Gasteiger partial charge in [-0.15, -0.1) is 0 Å². The van der Waals surface area contributed by atoms with Gasteiger partial charge in [0.25, 0.3) is 0 Å². The standard InChI is InChI=1S/C11H19F5OS/c1-11(17)9-7-5-3-2-4-6-8-10-18(12,13,14,15)16/h8,10H,2-7,9H2,1H3. The molecular weight excluding hydrogens is 275 g/mol. The van der Waals surface area contributed by atoms with Gasteiger partial charge in [0.15, 0.2) is 0 Å². The molecule has 0 bridgehead atoms. The quantitative estimate of drug-likeness (QED) is 0.370. The van der Waals surface area contributed by atoms with Gasteiger partial charge in [-0.05, 0) is 26.2 Å². The predicted molar refractivity (Wildman–Crippen MR) is 65.3 cm³/mol. The highest BCUT2D eigenvalue weighted by Gasteiger charge is 2.60. The van der Waals surface area contributed by atoms with Crippen LogP contribution in [-0.2, 0) is 4.79 Å². The van der Waals surface area contributed by atoms with Gasteiger partial charge in [-0.25, -0.2) is 0 Å². The first kappa shape index (κ1) is 17.4. The van der Waals surface area contributed by atoms with Crippen molar-refractivity contribution in [3.63, 3.8) is 0 Å². The molecule has 18 heavy (non-hydrogen) atoms. The van der Waals surface area contributed by atoms with E-state index in [-0.39, 0.29) is 12.2 Å². The van der Waals surface area contributed by atoms with E-state index < -0.39 is 15.6 Å². The number of carbonyl (C=O) groups is 1. The Hall–Kier alpha value is -0.590. The summed E-state index contributed by atoms with van der Waals surface area (Å²) in [6, 6.07) is 0. The Kier molecular flexibility index (Phi) is 5.40. The van der Waals surface area contributed by atoms with Crippen LogP contribution in [0.25, 0.3) is 0 Å². The van der Waals surface area contributed by atoms with Crippen molar-refractivity contribution in [3.8, 4) is 0 Å². The second-order valence-corrected chi connectivity index (χ2v) is 6.74. The van der Waals surface area contributed by atoms with Crippen LogP contribution >= 0.6 is 10.2 Å². The van der Waals surface area contributed by atoms with Gasteiger partial charge in [-0.3, -0.25) is 0 Å². The van der Waals surface area contributed by atoms with Crippen molar-refractivity contribution >= 4 is 16.0 Å². The third kappa shape index (κ3) is 15.4. The Morgan fingerprint density at radius 1 is 0.944 bits per heavy atom. The second kappa shape index (κ2) is 5.59. The minimum atomic E-state index is -9.36. The lowest BCUT2D eigenvalue weighted by molar-refractivity contribution is -0.117. The molecular formula is C11H19F5OS. The number of rotatable bonds is 9. The van der Waals surface area contributed by atoms with E-state index in [1.165, 1.54) is 6.92 Å². The Labute approximate surface area is 104 Å². The van der Waals surface area contributed by atoms with E-state index in [1.807, 2.05) is 0 Å². The van der Waals surface area contributed by atoms with E-state index in [0.717, 1.165) is 19.3 Å². The summed E-state index contributed by atoms with van der Waals surface area (Å²) in [5.41, 5.74) is 0. The maximum absolute atomic E-state index is 11.8. The van der Waals surface area contributed by atoms with E-state index in [4.69, 9.17) is 0 Å². The number of Topliss-reactive ketones (excluding diaryl/α,β-unsaturated/α-hetero) is 1. The van der Waals surface area contributed by atoms with Gasteiger partial charge in [0.2, 0.25) is 0 Å². The zero-order chi connectivity index (χ0) is 14.3. The molecule has 0 aliphatic rings. The van der Waals surface area contributed by atoms with E-state index in [9.17, 15) is 24.2 Å². The summed E-state index contributed by atoms with van der Waals surface area (Å²) in [4.78, 5) is 10.6. The second-order valence-electron chi connectivity index (χ2n) is 4.41. The van der Waals surface area contributed by atoms with Crippen molar-refractivity contribution in [3.05, 3.63) is 11.5 Å². The Morgan fingerprint density at radius 3 is 1.94 bits per heavy atom. The third-order valence-electron chi connectivity index (χ3n) is 2.25. The lowest BCUT2D eigenvalue weighted by atomic mass is 10.1. The lowest BCUT2D eigenvalue weighted by Gasteiger charge is -2.36. The maximum atomic E-state index is 11.8. The van der Waals surface area contributed by atoms with Crippen LogP contribution in [0.15, 0.2) is 11.5 Å². The van der Waals surface area contributed by atoms with Crippen molar-refractivity contribution in [1.82, 2.24) is 0 Å². The van der Waals surface area contributed by atoms with Gasteiger partial charge in [-0.2, -0.15) is 0 Å². The summed E-state index contributed by atoms with van der Waals surface area (Å²) in [7, 11) is -9.36. The zero-order valence-electron chi connectivity index (χ0n) is 10.3. The van der Waals surface area contributed by atoms with Crippen LogP contribution in [0, 0.1) is 0 Å². The SMILES string of the molecule is CC(=O)CCCCCCCC=CS(F)(F)(F)(F)F. The molecule has 0 aliphatic heterocycles. The number of allylic oxidation sites excluding steroid dienone is 1. The van der Waals surface area contributed by atoms with Crippen LogP contribution < -0.4 is 0 Å². The predicted octanol–water partition coefficient (Wildman–Crippen LogP) is 6.12. The third-order valence-corrected chi connectivity index (χ3v) is 2.96. The highest BCUT2D eigenvalue weighted by Crippen LogP contribution is 2.98. The van der Waals surface area contributed by atoms with Gasteiger partial charge >= 0.3 is 10.2 Å². The average molecular weight is 294 g/mol. The monoisotopic (exact) mass is 294 g/mol. The maximum Gasteiger partial charge on any atom is 0.304 e. The fourth-order valence-electron chi connectivity index (χ4n) is 1.42. The van der Waals surface area contributed by atoms with E-state index in [2.05, 4.69) is 0 Å². The molecule has 0 amide bonds. The number of hydrogen-bond acceptors (Lipinski definition) is 1. The Morgan fingerprint density at radius 2 is 1.44 bits per heavy atom. The van der Waals surface area contributed by atoms with Gasteiger partial charge in [0.05, 0.1) is 5.41 Å². The molecule has 0 aromatic carbocycles. The number of ketones is 1. The fraction of sp³-hybridized carbons (Fsp3) is 0.727. The van der Waals surface area contributed by atoms with Gasteiger partial charge in [0, 0.05) is 6.42 Å². The van der Waals surface area contributed by atoms with Crippen molar-refractivity contribution in [1.29, 1.82) is 0 Å². The molecule has 0 aromatic heterocycles. The molecule has 0 aromatic rings. The lowest BCUT2D eigenvalue weighted by Crippen LogP contribution is -1.98. The van der Waals surface area contributed by atoms with Crippen LogP contribution in [0.4, 0.5) is 19.4 Å². The van der Waals surface area contributed by atoms with Gasteiger partial charge in [0.1, 0.15) is 5.78 Å². The molecule has 0 N–H and O–H groups in total. The van der Waals surface area contributed by atoms with Crippen molar-refractivity contribution in [2.24, 2.45) is 0 Å². The largest absolute Gasteiger partial charge is 0.304 e.